The first kappa shape index (κ1) is 24.4. The zero-order valence-corrected chi connectivity index (χ0v) is 20.1. The van der Waals surface area contributed by atoms with Gasteiger partial charge in [0.15, 0.2) is 5.96 Å². The molecule has 30 heavy (non-hydrogen) atoms. The van der Waals surface area contributed by atoms with Crippen molar-refractivity contribution in [3.63, 3.8) is 0 Å². The maximum atomic E-state index is 11.9. The molecule has 1 fully saturated rings. The number of carbonyl (C=O) groups excluding carboxylic acids is 1. The second-order valence-corrected chi connectivity index (χ2v) is 7.34. The number of amides is 1. The molecule has 8 heteroatoms. The van der Waals surface area contributed by atoms with Crippen LogP contribution in [0.1, 0.15) is 37.0 Å². The van der Waals surface area contributed by atoms with Gasteiger partial charge in [-0.1, -0.05) is 41.9 Å². The van der Waals surface area contributed by atoms with Crippen molar-refractivity contribution in [1.29, 1.82) is 0 Å². The predicted molar refractivity (Wildman–Crippen MR) is 133 cm³/mol. The van der Waals surface area contributed by atoms with Crippen molar-refractivity contribution in [3.05, 3.63) is 64.7 Å². The van der Waals surface area contributed by atoms with Gasteiger partial charge in [0.1, 0.15) is 0 Å². The fourth-order valence-corrected chi connectivity index (χ4v) is 3.52. The number of aliphatic imine (C=N–C) groups is 1. The van der Waals surface area contributed by atoms with Gasteiger partial charge in [0, 0.05) is 42.3 Å². The number of guanidine groups is 1. The highest BCUT2D eigenvalue weighted by Gasteiger charge is 2.21. The van der Waals surface area contributed by atoms with E-state index in [9.17, 15) is 9.90 Å². The van der Waals surface area contributed by atoms with E-state index in [1.165, 1.54) is 0 Å². The Hall–Kier alpha value is -1.84. The number of hydrogen-bond acceptors (Lipinski definition) is 3. The minimum Gasteiger partial charge on any atom is -0.387 e. The summed E-state index contributed by atoms with van der Waals surface area (Å²) in [6.07, 6.45) is 0.816. The maximum absolute atomic E-state index is 11.9. The van der Waals surface area contributed by atoms with Gasteiger partial charge in [0.05, 0.1) is 12.6 Å². The first-order chi connectivity index (χ1) is 14.1. The zero-order valence-electron chi connectivity index (χ0n) is 17.0. The van der Waals surface area contributed by atoms with Crippen LogP contribution in [0, 0.1) is 0 Å². The molecular weight excluding hydrogens is 515 g/mol. The van der Waals surface area contributed by atoms with Crippen molar-refractivity contribution in [2.75, 3.05) is 24.5 Å². The number of anilines is 1. The molecule has 6 nitrogen and oxygen atoms in total. The third kappa shape index (κ3) is 6.58. The molecule has 0 radical (unpaired) electrons. The van der Waals surface area contributed by atoms with Crippen molar-refractivity contribution < 1.29 is 9.90 Å². The molecule has 1 heterocycles. The van der Waals surface area contributed by atoms with Gasteiger partial charge in [-0.05, 0) is 37.1 Å². The number of carbonyl (C=O) groups is 1. The lowest BCUT2D eigenvalue weighted by atomic mass is 10.1. The van der Waals surface area contributed by atoms with E-state index in [4.69, 9.17) is 11.6 Å². The minimum atomic E-state index is -0.732. The average Bonchev–Trinajstić information content (AvgIpc) is 3.16. The van der Waals surface area contributed by atoms with Crippen LogP contribution in [0.4, 0.5) is 5.69 Å². The molecule has 162 valence electrons. The van der Waals surface area contributed by atoms with Crippen molar-refractivity contribution >= 4 is 53.1 Å². The van der Waals surface area contributed by atoms with Gasteiger partial charge >= 0.3 is 0 Å². The molecular formula is C22H28ClIN4O2. The Morgan fingerprint density at radius 3 is 2.57 bits per heavy atom. The van der Waals surface area contributed by atoms with E-state index in [1.807, 2.05) is 54.3 Å². The van der Waals surface area contributed by atoms with Crippen LogP contribution in [0.2, 0.25) is 5.02 Å². The monoisotopic (exact) mass is 542 g/mol. The van der Waals surface area contributed by atoms with Crippen molar-refractivity contribution in [2.24, 2.45) is 4.99 Å². The number of aliphatic hydroxyl groups excluding tert-OH is 1. The van der Waals surface area contributed by atoms with Gasteiger partial charge in [0.2, 0.25) is 5.91 Å². The molecule has 0 bridgehead atoms. The first-order valence-electron chi connectivity index (χ1n) is 9.92. The summed E-state index contributed by atoms with van der Waals surface area (Å²) in [4.78, 5) is 18.3. The van der Waals surface area contributed by atoms with Crippen LogP contribution < -0.4 is 15.5 Å². The number of hydrogen-bond donors (Lipinski definition) is 3. The number of halogens is 2. The third-order valence-corrected chi connectivity index (χ3v) is 5.16. The largest absolute Gasteiger partial charge is 0.387 e. The summed E-state index contributed by atoms with van der Waals surface area (Å²) in [7, 11) is 0. The van der Waals surface area contributed by atoms with Crippen LogP contribution in [0.15, 0.2) is 53.5 Å². The highest BCUT2D eigenvalue weighted by molar-refractivity contribution is 14.0. The van der Waals surface area contributed by atoms with Gasteiger partial charge < -0.3 is 20.6 Å². The lowest BCUT2D eigenvalue weighted by Crippen LogP contribution is -2.39. The Morgan fingerprint density at radius 1 is 1.20 bits per heavy atom. The third-order valence-electron chi connectivity index (χ3n) is 4.81. The van der Waals surface area contributed by atoms with Crippen LogP contribution in [-0.2, 0) is 11.3 Å². The molecule has 2 aromatic carbocycles. The van der Waals surface area contributed by atoms with E-state index in [-0.39, 0.29) is 29.9 Å². The summed E-state index contributed by atoms with van der Waals surface area (Å²) < 4.78 is 0. The van der Waals surface area contributed by atoms with Gasteiger partial charge in [0.25, 0.3) is 0 Å². The Balaban J connectivity index is 0.00000320. The topological polar surface area (TPSA) is 77.0 Å². The number of benzene rings is 2. The molecule has 1 unspecified atom stereocenters. The highest BCUT2D eigenvalue weighted by Crippen LogP contribution is 2.22. The number of rotatable bonds is 7. The number of nitrogens with zero attached hydrogens (tertiary/aromatic N) is 2. The molecule has 0 aromatic heterocycles. The summed E-state index contributed by atoms with van der Waals surface area (Å²) in [6, 6.07) is 15.2. The highest BCUT2D eigenvalue weighted by atomic mass is 127. The molecule has 2 aromatic rings. The summed E-state index contributed by atoms with van der Waals surface area (Å²) in [5.74, 6) is 0.809. The van der Waals surface area contributed by atoms with Gasteiger partial charge in [-0.2, -0.15) is 0 Å². The molecule has 3 rings (SSSR count). The van der Waals surface area contributed by atoms with Crippen molar-refractivity contribution in [1.82, 2.24) is 10.6 Å². The van der Waals surface area contributed by atoms with Gasteiger partial charge in [-0.15, -0.1) is 24.0 Å². The van der Waals surface area contributed by atoms with Crippen LogP contribution >= 0.6 is 35.6 Å². The number of aliphatic hydroxyl groups is 1. The molecule has 1 aliphatic rings. The van der Waals surface area contributed by atoms with E-state index < -0.39 is 6.10 Å². The summed E-state index contributed by atoms with van der Waals surface area (Å²) in [5.41, 5.74) is 2.67. The Kier molecular flexibility index (Phi) is 9.87. The second kappa shape index (κ2) is 12.1. The molecule has 0 saturated carbocycles. The normalized spacial score (nSPS) is 15.0. The summed E-state index contributed by atoms with van der Waals surface area (Å²) in [6.45, 7) is 4.28. The summed E-state index contributed by atoms with van der Waals surface area (Å²) in [5, 5.41) is 17.3. The van der Waals surface area contributed by atoms with Crippen LogP contribution in [0.3, 0.4) is 0 Å². The second-order valence-electron chi connectivity index (χ2n) is 6.93. The van der Waals surface area contributed by atoms with E-state index in [1.54, 1.807) is 6.07 Å². The quantitative estimate of drug-likeness (QED) is 0.282. The Bertz CT molecular complexity index is 860. The van der Waals surface area contributed by atoms with E-state index in [0.29, 0.717) is 42.6 Å². The van der Waals surface area contributed by atoms with Gasteiger partial charge in [-0.3, -0.25) is 4.79 Å². The zero-order chi connectivity index (χ0) is 20.6. The summed E-state index contributed by atoms with van der Waals surface area (Å²) >= 11 is 6.15. The molecule has 1 aliphatic heterocycles. The van der Waals surface area contributed by atoms with Crippen LogP contribution in [0.5, 0.6) is 0 Å². The Labute approximate surface area is 199 Å². The molecule has 1 atom stereocenters. The maximum Gasteiger partial charge on any atom is 0.227 e. The number of nitrogens with one attached hydrogen (secondary N) is 2. The fraction of sp³-hybridized carbons (Fsp3) is 0.364. The first-order valence-corrected chi connectivity index (χ1v) is 10.3. The molecule has 0 aliphatic carbocycles. The van der Waals surface area contributed by atoms with E-state index in [2.05, 4.69) is 15.6 Å². The lowest BCUT2D eigenvalue weighted by molar-refractivity contribution is -0.117. The molecule has 3 N–H and O–H groups in total. The van der Waals surface area contributed by atoms with Gasteiger partial charge in [-0.25, -0.2) is 4.99 Å². The fourth-order valence-electron chi connectivity index (χ4n) is 3.26. The molecule has 1 saturated heterocycles. The predicted octanol–water partition coefficient (Wildman–Crippen LogP) is 3.87. The molecule has 0 spiro atoms. The lowest BCUT2D eigenvalue weighted by Gasteiger charge is -2.17. The van der Waals surface area contributed by atoms with Crippen LogP contribution in [-0.4, -0.2) is 36.6 Å². The van der Waals surface area contributed by atoms with E-state index >= 15 is 0 Å². The minimum absolute atomic E-state index is 0. The van der Waals surface area contributed by atoms with Crippen molar-refractivity contribution in [2.45, 2.75) is 32.4 Å². The van der Waals surface area contributed by atoms with Crippen molar-refractivity contribution in [3.8, 4) is 0 Å². The Morgan fingerprint density at radius 2 is 1.93 bits per heavy atom. The SMILES string of the molecule is CCNC(=NCc1ccc(N2CCCC2=O)cc1)NCC(O)c1ccccc1Cl.I. The van der Waals surface area contributed by atoms with Crippen LogP contribution in [0.25, 0.3) is 0 Å². The standard InChI is InChI=1S/C22H27ClN4O2.HI/c1-2-24-22(26-15-20(28)18-6-3-4-7-19(18)23)25-14-16-9-11-17(12-10-16)27-13-5-8-21(27)29;/h3-4,6-7,9-12,20,28H,2,5,8,13-15H2,1H3,(H2,24,25,26);1H. The molecule has 1 amide bonds. The average molecular weight is 543 g/mol. The van der Waals surface area contributed by atoms with E-state index in [0.717, 1.165) is 24.2 Å². The smallest absolute Gasteiger partial charge is 0.227 e.